The minimum absolute atomic E-state index is 0.0601. The largest absolute Gasteiger partial charge is 0.345 e. The van der Waals surface area contributed by atoms with Gasteiger partial charge in [0.15, 0.2) is 5.82 Å². The number of carbonyl (C=O) groups is 1. The molecule has 0 radical (unpaired) electrons. The number of nitrogens with zero attached hydrogens (tertiary/aromatic N) is 2. The Morgan fingerprint density at radius 3 is 2.88 bits per heavy atom. The second-order valence-corrected chi connectivity index (χ2v) is 5.62. The molecular weight excluding hydrogens is 315 g/mol. The van der Waals surface area contributed by atoms with Crippen molar-refractivity contribution in [2.75, 3.05) is 0 Å². The van der Waals surface area contributed by atoms with Crippen LogP contribution in [0.2, 0.25) is 0 Å². The molecule has 0 saturated heterocycles. The second kappa shape index (κ2) is 6.23. The number of benzene rings is 1. The molecule has 24 heavy (non-hydrogen) atoms. The predicted octanol–water partition coefficient (Wildman–Crippen LogP) is 2.10. The molecule has 2 aromatic heterocycles. The van der Waals surface area contributed by atoms with Crippen molar-refractivity contribution in [3.05, 3.63) is 57.7 Å². The lowest BCUT2D eigenvalue weighted by Crippen LogP contribution is -2.25. The van der Waals surface area contributed by atoms with Crippen molar-refractivity contribution in [2.45, 2.75) is 26.3 Å². The number of rotatable bonds is 4. The number of nitrogens with one attached hydrogen (secondary N) is 2. The molecule has 0 aliphatic carbocycles. The maximum atomic E-state index is 13.3. The minimum Gasteiger partial charge on any atom is -0.345 e. The van der Waals surface area contributed by atoms with Gasteiger partial charge >= 0.3 is 0 Å². The van der Waals surface area contributed by atoms with Crippen molar-refractivity contribution in [3.63, 3.8) is 0 Å². The first-order chi connectivity index (χ1) is 11.4. The fraction of sp³-hybridized carbons (Fsp3) is 0.250. The van der Waals surface area contributed by atoms with E-state index in [1.165, 1.54) is 24.3 Å². The highest BCUT2D eigenvalue weighted by molar-refractivity contribution is 6.05. The normalized spacial score (nSPS) is 11.2. The lowest BCUT2D eigenvalue weighted by molar-refractivity contribution is 0.0951. The van der Waals surface area contributed by atoms with Crippen LogP contribution in [0, 0.1) is 5.82 Å². The van der Waals surface area contributed by atoms with Crippen LogP contribution in [0.4, 0.5) is 4.39 Å². The van der Waals surface area contributed by atoms with E-state index in [2.05, 4.69) is 20.4 Å². The average molecular weight is 330 g/mol. The van der Waals surface area contributed by atoms with Gasteiger partial charge in [-0.15, -0.1) is 0 Å². The van der Waals surface area contributed by atoms with E-state index in [0.29, 0.717) is 17.1 Å². The quantitative estimate of drug-likeness (QED) is 0.763. The maximum Gasteiger partial charge on any atom is 0.252 e. The predicted molar refractivity (Wildman–Crippen MR) is 84.1 cm³/mol. The molecule has 2 N–H and O–H groups in total. The Morgan fingerprint density at radius 2 is 2.17 bits per heavy atom. The Morgan fingerprint density at radius 1 is 1.38 bits per heavy atom. The standard InChI is InChI=1S/C16H15FN4O3/c1-8(2)16-20-13(21-24-16)7-18-15(23)11-6-14(22)19-12-5-9(17)3-4-10(11)12/h3-6,8H,7H2,1-2H3,(H,18,23)(H,19,22). The number of aromatic nitrogens is 3. The van der Waals surface area contributed by atoms with Crippen molar-refractivity contribution in [2.24, 2.45) is 0 Å². The van der Waals surface area contributed by atoms with Crippen molar-refractivity contribution in [1.29, 1.82) is 0 Å². The van der Waals surface area contributed by atoms with Gasteiger partial charge in [0, 0.05) is 17.4 Å². The number of hydrogen-bond acceptors (Lipinski definition) is 5. The summed E-state index contributed by atoms with van der Waals surface area (Å²) in [7, 11) is 0. The molecule has 1 amide bonds. The molecule has 0 spiro atoms. The van der Waals surface area contributed by atoms with Gasteiger partial charge in [-0.1, -0.05) is 19.0 Å². The number of hydrogen-bond donors (Lipinski definition) is 2. The molecule has 2 heterocycles. The molecule has 3 aromatic rings. The molecule has 0 saturated carbocycles. The number of fused-ring (bicyclic) bond motifs is 1. The zero-order valence-corrected chi connectivity index (χ0v) is 13.1. The van der Waals surface area contributed by atoms with Crippen molar-refractivity contribution in [3.8, 4) is 0 Å². The summed E-state index contributed by atoms with van der Waals surface area (Å²) in [6, 6.07) is 5.01. The van der Waals surface area contributed by atoms with Crippen LogP contribution in [0.15, 0.2) is 33.6 Å². The Labute approximate surface area is 135 Å². The van der Waals surface area contributed by atoms with Crippen LogP contribution >= 0.6 is 0 Å². The zero-order valence-electron chi connectivity index (χ0n) is 13.1. The Bertz CT molecular complexity index is 961. The molecule has 0 unspecified atom stereocenters. The summed E-state index contributed by atoms with van der Waals surface area (Å²) in [5.41, 5.74) is -0.0736. The third-order valence-corrected chi connectivity index (χ3v) is 3.43. The summed E-state index contributed by atoms with van der Waals surface area (Å²) in [6.45, 7) is 3.89. The highest BCUT2D eigenvalue weighted by Crippen LogP contribution is 2.16. The summed E-state index contributed by atoms with van der Waals surface area (Å²) in [5, 5.41) is 6.86. The van der Waals surface area contributed by atoms with Crippen molar-refractivity contribution < 1.29 is 13.7 Å². The first kappa shape index (κ1) is 15.9. The van der Waals surface area contributed by atoms with E-state index >= 15 is 0 Å². The topological polar surface area (TPSA) is 101 Å². The summed E-state index contributed by atoms with van der Waals surface area (Å²) in [6.07, 6.45) is 0. The van der Waals surface area contributed by atoms with E-state index in [4.69, 9.17) is 4.52 Å². The number of carbonyl (C=O) groups excluding carboxylic acids is 1. The molecule has 0 fully saturated rings. The number of pyridine rings is 1. The van der Waals surface area contributed by atoms with Gasteiger partial charge in [0.25, 0.3) is 5.91 Å². The third kappa shape index (κ3) is 3.17. The summed E-state index contributed by atoms with van der Waals surface area (Å²) in [4.78, 5) is 30.7. The highest BCUT2D eigenvalue weighted by atomic mass is 19.1. The SMILES string of the molecule is CC(C)c1nc(CNC(=O)c2cc(=O)[nH]c3cc(F)ccc23)no1. The van der Waals surface area contributed by atoms with E-state index in [9.17, 15) is 14.0 Å². The van der Waals surface area contributed by atoms with Gasteiger partial charge in [-0.05, 0) is 18.2 Å². The minimum atomic E-state index is -0.497. The van der Waals surface area contributed by atoms with E-state index in [0.717, 1.165) is 0 Å². The van der Waals surface area contributed by atoms with E-state index in [-0.39, 0.29) is 23.5 Å². The Kier molecular flexibility index (Phi) is 4.11. The van der Waals surface area contributed by atoms with Crippen LogP contribution in [0.3, 0.4) is 0 Å². The summed E-state index contributed by atoms with van der Waals surface area (Å²) < 4.78 is 18.3. The number of H-pyrrole nitrogens is 1. The Balaban J connectivity index is 1.84. The first-order valence-corrected chi connectivity index (χ1v) is 7.37. The highest BCUT2D eigenvalue weighted by Gasteiger charge is 2.14. The van der Waals surface area contributed by atoms with E-state index < -0.39 is 17.3 Å². The van der Waals surface area contributed by atoms with Gasteiger partial charge in [0.05, 0.1) is 17.6 Å². The second-order valence-electron chi connectivity index (χ2n) is 5.62. The molecule has 7 nitrogen and oxygen atoms in total. The number of aromatic amines is 1. The first-order valence-electron chi connectivity index (χ1n) is 7.37. The summed E-state index contributed by atoms with van der Waals surface area (Å²) >= 11 is 0. The van der Waals surface area contributed by atoms with Crippen LogP contribution in [0.25, 0.3) is 10.9 Å². The van der Waals surface area contributed by atoms with Gasteiger partial charge in [0.1, 0.15) is 5.82 Å². The van der Waals surface area contributed by atoms with Gasteiger partial charge in [0.2, 0.25) is 11.4 Å². The molecule has 3 rings (SSSR count). The Hall–Kier alpha value is -3.03. The number of amides is 1. The smallest absolute Gasteiger partial charge is 0.252 e. The monoisotopic (exact) mass is 330 g/mol. The number of halogens is 1. The average Bonchev–Trinajstić information content (AvgIpc) is 3.00. The van der Waals surface area contributed by atoms with Crippen LogP contribution in [-0.2, 0) is 6.54 Å². The lowest BCUT2D eigenvalue weighted by atomic mass is 10.1. The summed E-state index contributed by atoms with van der Waals surface area (Å²) in [5.74, 6) is -0.0608. The zero-order chi connectivity index (χ0) is 17.3. The van der Waals surface area contributed by atoms with E-state index in [1.54, 1.807) is 0 Å². The lowest BCUT2D eigenvalue weighted by Gasteiger charge is -2.06. The van der Waals surface area contributed by atoms with E-state index in [1.807, 2.05) is 13.8 Å². The fourth-order valence-electron chi connectivity index (χ4n) is 2.25. The molecule has 0 atom stereocenters. The molecule has 0 aliphatic rings. The van der Waals surface area contributed by atoms with Gasteiger partial charge in [-0.2, -0.15) is 4.98 Å². The molecule has 0 bridgehead atoms. The maximum absolute atomic E-state index is 13.3. The third-order valence-electron chi connectivity index (χ3n) is 3.43. The van der Waals surface area contributed by atoms with Crippen LogP contribution in [0.5, 0.6) is 0 Å². The van der Waals surface area contributed by atoms with Crippen molar-refractivity contribution >= 4 is 16.8 Å². The molecule has 8 heteroatoms. The molecule has 1 aromatic carbocycles. The van der Waals surface area contributed by atoms with Gasteiger partial charge in [-0.25, -0.2) is 4.39 Å². The molecule has 124 valence electrons. The molecule has 0 aliphatic heterocycles. The van der Waals surface area contributed by atoms with Gasteiger partial charge in [-0.3, -0.25) is 9.59 Å². The fourth-order valence-corrected chi connectivity index (χ4v) is 2.25. The van der Waals surface area contributed by atoms with Crippen LogP contribution in [-0.4, -0.2) is 21.0 Å². The van der Waals surface area contributed by atoms with Crippen molar-refractivity contribution in [1.82, 2.24) is 20.4 Å². The van der Waals surface area contributed by atoms with Crippen LogP contribution in [0.1, 0.15) is 41.8 Å². The molecular formula is C16H15FN4O3. The van der Waals surface area contributed by atoms with Gasteiger partial charge < -0.3 is 14.8 Å². The van der Waals surface area contributed by atoms with Crippen LogP contribution < -0.4 is 10.9 Å².